The van der Waals surface area contributed by atoms with E-state index in [4.69, 9.17) is 4.42 Å². The van der Waals surface area contributed by atoms with Gasteiger partial charge in [0.15, 0.2) is 0 Å². The molecular formula is C13H14N4O3S2. The predicted octanol–water partition coefficient (Wildman–Crippen LogP) is 2.22. The molecule has 1 N–H and O–H groups in total. The average molecular weight is 338 g/mol. The number of urea groups is 1. The van der Waals surface area contributed by atoms with Gasteiger partial charge in [0.25, 0.3) is 17.0 Å². The second-order valence-electron chi connectivity index (χ2n) is 5.21. The Morgan fingerprint density at radius 3 is 2.86 bits per heavy atom. The molecule has 1 saturated heterocycles. The van der Waals surface area contributed by atoms with Crippen molar-refractivity contribution in [2.45, 2.75) is 24.6 Å². The Balaban J connectivity index is 1.56. The van der Waals surface area contributed by atoms with Gasteiger partial charge in [0.1, 0.15) is 5.54 Å². The maximum Gasteiger partial charge on any atom is 0.325 e. The summed E-state index contributed by atoms with van der Waals surface area (Å²) >= 11 is 2.84. The van der Waals surface area contributed by atoms with E-state index in [1.54, 1.807) is 13.8 Å². The minimum Gasteiger partial charge on any atom is -0.410 e. The number of nitrogens with zero attached hydrogens (tertiary/aromatic N) is 3. The van der Waals surface area contributed by atoms with Crippen LogP contribution in [0.1, 0.15) is 13.8 Å². The molecule has 2 aromatic heterocycles. The fourth-order valence-electron chi connectivity index (χ4n) is 2.01. The van der Waals surface area contributed by atoms with Crippen LogP contribution in [0.25, 0.3) is 10.8 Å². The SMILES string of the molecule is CC1(C)NC(=O)N(CCSc2nnc(-c3cccs3)o2)C1=O. The summed E-state index contributed by atoms with van der Waals surface area (Å²) in [5, 5.41) is 12.9. The minimum absolute atomic E-state index is 0.220. The van der Waals surface area contributed by atoms with E-state index in [2.05, 4.69) is 15.5 Å². The molecule has 1 aliphatic heterocycles. The predicted molar refractivity (Wildman–Crippen MR) is 82.7 cm³/mol. The van der Waals surface area contributed by atoms with Crippen LogP contribution in [0.2, 0.25) is 0 Å². The van der Waals surface area contributed by atoms with Gasteiger partial charge in [-0.2, -0.15) is 0 Å². The number of carbonyl (C=O) groups excluding carboxylic acids is 2. The highest BCUT2D eigenvalue weighted by molar-refractivity contribution is 7.99. The van der Waals surface area contributed by atoms with Gasteiger partial charge in [-0.3, -0.25) is 9.69 Å². The Kier molecular flexibility index (Phi) is 3.92. The Labute approximate surface area is 135 Å². The lowest BCUT2D eigenvalue weighted by molar-refractivity contribution is -0.130. The third-order valence-electron chi connectivity index (χ3n) is 3.12. The first-order valence-corrected chi connectivity index (χ1v) is 8.48. The lowest BCUT2D eigenvalue weighted by Gasteiger charge is -2.15. The highest BCUT2D eigenvalue weighted by atomic mass is 32.2. The maximum atomic E-state index is 12.0. The Hall–Kier alpha value is -1.87. The molecule has 3 amide bonds. The molecule has 0 unspecified atom stereocenters. The lowest BCUT2D eigenvalue weighted by atomic mass is 10.1. The van der Waals surface area contributed by atoms with Gasteiger partial charge in [0, 0.05) is 12.3 Å². The summed E-state index contributed by atoms with van der Waals surface area (Å²) < 4.78 is 5.53. The van der Waals surface area contributed by atoms with Crippen LogP contribution in [0.3, 0.4) is 0 Å². The fraction of sp³-hybridized carbons (Fsp3) is 0.385. The van der Waals surface area contributed by atoms with Crippen LogP contribution in [0.15, 0.2) is 27.2 Å². The van der Waals surface area contributed by atoms with E-state index in [0.29, 0.717) is 23.4 Å². The van der Waals surface area contributed by atoms with Crippen LogP contribution in [0.4, 0.5) is 4.79 Å². The second-order valence-corrected chi connectivity index (χ2v) is 7.20. The van der Waals surface area contributed by atoms with Gasteiger partial charge < -0.3 is 9.73 Å². The fourth-order valence-corrected chi connectivity index (χ4v) is 3.34. The van der Waals surface area contributed by atoms with Crippen LogP contribution < -0.4 is 5.32 Å². The number of hydrogen-bond donors (Lipinski definition) is 1. The maximum absolute atomic E-state index is 12.0. The molecule has 0 bridgehead atoms. The number of nitrogens with one attached hydrogen (secondary N) is 1. The molecule has 2 aromatic rings. The van der Waals surface area contributed by atoms with E-state index in [1.165, 1.54) is 28.0 Å². The summed E-state index contributed by atoms with van der Waals surface area (Å²) in [7, 11) is 0. The number of hydrogen-bond acceptors (Lipinski definition) is 7. The Morgan fingerprint density at radius 2 is 2.23 bits per heavy atom. The number of thioether (sulfide) groups is 1. The summed E-state index contributed by atoms with van der Waals surface area (Å²) in [4.78, 5) is 25.9. The first-order chi connectivity index (χ1) is 10.5. The van der Waals surface area contributed by atoms with Gasteiger partial charge in [-0.15, -0.1) is 21.5 Å². The zero-order valence-electron chi connectivity index (χ0n) is 12.0. The van der Waals surface area contributed by atoms with Gasteiger partial charge in [0.05, 0.1) is 4.88 Å². The monoisotopic (exact) mass is 338 g/mol. The van der Waals surface area contributed by atoms with Crippen molar-refractivity contribution in [3.05, 3.63) is 17.5 Å². The molecule has 0 atom stereocenters. The van der Waals surface area contributed by atoms with Crippen LogP contribution >= 0.6 is 23.1 Å². The highest BCUT2D eigenvalue weighted by Gasteiger charge is 2.43. The molecule has 0 radical (unpaired) electrons. The van der Waals surface area contributed by atoms with E-state index in [9.17, 15) is 9.59 Å². The molecule has 1 fully saturated rings. The highest BCUT2D eigenvalue weighted by Crippen LogP contribution is 2.26. The van der Waals surface area contributed by atoms with Crippen molar-refractivity contribution in [3.8, 4) is 10.8 Å². The minimum atomic E-state index is -0.835. The van der Waals surface area contributed by atoms with Gasteiger partial charge in [-0.25, -0.2) is 4.79 Å². The number of amides is 3. The van der Waals surface area contributed by atoms with Crippen LogP contribution in [0.5, 0.6) is 0 Å². The quantitative estimate of drug-likeness (QED) is 0.664. The van der Waals surface area contributed by atoms with Crippen molar-refractivity contribution in [1.29, 1.82) is 0 Å². The standard InChI is InChI=1S/C13H14N4O3S2/c1-13(2)10(18)17(11(19)14-13)5-7-22-12-16-15-9(20-12)8-4-3-6-21-8/h3-4,6H,5,7H2,1-2H3,(H,14,19). The van der Waals surface area contributed by atoms with Gasteiger partial charge in [-0.1, -0.05) is 17.8 Å². The van der Waals surface area contributed by atoms with E-state index in [-0.39, 0.29) is 11.9 Å². The first kappa shape index (κ1) is 15.0. The van der Waals surface area contributed by atoms with Crippen molar-refractivity contribution in [1.82, 2.24) is 20.4 Å². The van der Waals surface area contributed by atoms with Crippen molar-refractivity contribution in [2.24, 2.45) is 0 Å². The van der Waals surface area contributed by atoms with E-state index in [0.717, 1.165) is 4.88 Å². The topological polar surface area (TPSA) is 88.3 Å². The van der Waals surface area contributed by atoms with E-state index in [1.807, 2.05) is 17.5 Å². The second kappa shape index (κ2) is 5.73. The third kappa shape index (κ3) is 2.86. The largest absolute Gasteiger partial charge is 0.410 e. The molecule has 22 heavy (non-hydrogen) atoms. The molecule has 7 nitrogen and oxygen atoms in total. The average Bonchev–Trinajstić information content (AvgIpc) is 3.15. The normalized spacial score (nSPS) is 17.1. The molecule has 116 valence electrons. The van der Waals surface area contributed by atoms with Crippen molar-refractivity contribution in [2.75, 3.05) is 12.3 Å². The molecule has 0 saturated carbocycles. The third-order valence-corrected chi connectivity index (χ3v) is 4.78. The molecule has 0 aliphatic carbocycles. The van der Waals surface area contributed by atoms with E-state index < -0.39 is 5.54 Å². The molecule has 0 spiro atoms. The lowest BCUT2D eigenvalue weighted by Crippen LogP contribution is -2.40. The Morgan fingerprint density at radius 1 is 1.41 bits per heavy atom. The zero-order valence-corrected chi connectivity index (χ0v) is 13.7. The number of thiophene rings is 1. The first-order valence-electron chi connectivity index (χ1n) is 6.62. The number of carbonyl (C=O) groups is 2. The summed E-state index contributed by atoms with van der Waals surface area (Å²) in [5.74, 6) is 0.762. The summed E-state index contributed by atoms with van der Waals surface area (Å²) in [6.45, 7) is 3.67. The summed E-state index contributed by atoms with van der Waals surface area (Å²) in [6, 6.07) is 3.46. The van der Waals surface area contributed by atoms with Crippen LogP contribution in [-0.4, -0.2) is 44.9 Å². The summed E-state index contributed by atoms with van der Waals surface area (Å²) in [6.07, 6.45) is 0. The van der Waals surface area contributed by atoms with E-state index >= 15 is 0 Å². The molecular weight excluding hydrogens is 324 g/mol. The van der Waals surface area contributed by atoms with Gasteiger partial charge in [-0.05, 0) is 25.3 Å². The Bertz CT molecular complexity index is 696. The molecule has 3 rings (SSSR count). The number of aromatic nitrogens is 2. The van der Waals surface area contributed by atoms with Gasteiger partial charge >= 0.3 is 6.03 Å². The van der Waals surface area contributed by atoms with Gasteiger partial charge in [0.2, 0.25) is 0 Å². The smallest absolute Gasteiger partial charge is 0.325 e. The molecule has 9 heteroatoms. The van der Waals surface area contributed by atoms with Crippen molar-refractivity contribution in [3.63, 3.8) is 0 Å². The molecule has 1 aliphatic rings. The van der Waals surface area contributed by atoms with Crippen LogP contribution in [-0.2, 0) is 4.79 Å². The summed E-state index contributed by atoms with van der Waals surface area (Å²) in [5.41, 5.74) is -0.835. The van der Waals surface area contributed by atoms with Crippen molar-refractivity contribution >= 4 is 35.0 Å². The number of rotatable bonds is 5. The zero-order chi connectivity index (χ0) is 15.7. The van der Waals surface area contributed by atoms with Crippen LogP contribution in [0, 0.1) is 0 Å². The molecule has 3 heterocycles. The number of imide groups is 1. The van der Waals surface area contributed by atoms with Crippen molar-refractivity contribution < 1.29 is 14.0 Å². The molecule has 0 aromatic carbocycles.